The Kier molecular flexibility index (Phi) is 3.11. The number of fused-ring (bicyclic) bond motifs is 1. The highest BCUT2D eigenvalue weighted by Gasteiger charge is 2.17. The molecule has 0 radical (unpaired) electrons. The Bertz CT molecular complexity index is 556. The minimum Gasteiger partial charge on any atom is -0.350 e. The largest absolute Gasteiger partial charge is 0.350 e. The molecule has 0 fully saturated rings. The summed E-state index contributed by atoms with van der Waals surface area (Å²) < 4.78 is 0. The first kappa shape index (κ1) is 11.4. The number of anilines is 1. The molecule has 0 spiro atoms. The van der Waals surface area contributed by atoms with Gasteiger partial charge in [0.15, 0.2) is 0 Å². The molecule has 0 saturated carbocycles. The van der Waals surface area contributed by atoms with Crippen molar-refractivity contribution in [1.82, 2.24) is 15.0 Å². The van der Waals surface area contributed by atoms with E-state index in [9.17, 15) is 0 Å². The van der Waals surface area contributed by atoms with Gasteiger partial charge in [-0.25, -0.2) is 9.97 Å². The second-order valence-electron chi connectivity index (χ2n) is 4.33. The minimum absolute atomic E-state index is 0.592. The minimum atomic E-state index is 0.592. The van der Waals surface area contributed by atoms with Gasteiger partial charge in [0.1, 0.15) is 5.15 Å². The van der Waals surface area contributed by atoms with Crippen LogP contribution >= 0.6 is 11.6 Å². The normalized spacial score (nSPS) is 13.4. The number of halogens is 1. The van der Waals surface area contributed by atoms with E-state index >= 15 is 0 Å². The lowest BCUT2D eigenvalue weighted by molar-refractivity contribution is 0.898. The zero-order valence-electron chi connectivity index (χ0n) is 9.86. The first-order chi connectivity index (χ1) is 8.83. The van der Waals surface area contributed by atoms with Crippen LogP contribution in [0.15, 0.2) is 24.5 Å². The van der Waals surface area contributed by atoms with Crippen LogP contribution < -0.4 is 5.32 Å². The summed E-state index contributed by atoms with van der Waals surface area (Å²) in [5.74, 6) is 0.609. The van der Waals surface area contributed by atoms with E-state index in [0.717, 1.165) is 36.1 Å². The summed E-state index contributed by atoms with van der Waals surface area (Å²) in [6, 6.07) is 3.92. The van der Waals surface area contributed by atoms with Crippen LogP contribution in [0.1, 0.15) is 23.2 Å². The van der Waals surface area contributed by atoms with Crippen molar-refractivity contribution >= 4 is 17.5 Å². The number of aryl methyl sites for hydroxylation is 1. The van der Waals surface area contributed by atoms with Crippen LogP contribution in [0.5, 0.6) is 0 Å². The van der Waals surface area contributed by atoms with E-state index in [-0.39, 0.29) is 0 Å². The molecule has 92 valence electrons. The molecule has 1 N–H and O–H groups in total. The molecule has 1 aliphatic rings. The third-order valence-corrected chi connectivity index (χ3v) is 3.40. The maximum Gasteiger partial charge on any atom is 0.224 e. The number of aromatic nitrogens is 3. The Morgan fingerprint density at radius 2 is 2.00 bits per heavy atom. The van der Waals surface area contributed by atoms with Crippen LogP contribution in [0.3, 0.4) is 0 Å². The second kappa shape index (κ2) is 4.90. The van der Waals surface area contributed by atoms with Crippen molar-refractivity contribution in [1.29, 1.82) is 0 Å². The molecule has 0 unspecified atom stereocenters. The van der Waals surface area contributed by atoms with Gasteiger partial charge in [-0.1, -0.05) is 11.6 Å². The van der Waals surface area contributed by atoms with Crippen LogP contribution in [0, 0.1) is 0 Å². The van der Waals surface area contributed by atoms with Crippen LogP contribution in [0.2, 0.25) is 5.15 Å². The molecule has 2 heterocycles. The van der Waals surface area contributed by atoms with Gasteiger partial charge in [-0.05, 0) is 37.0 Å². The van der Waals surface area contributed by atoms with E-state index in [0.29, 0.717) is 17.6 Å². The Morgan fingerprint density at radius 3 is 2.83 bits per heavy atom. The third-order valence-electron chi connectivity index (χ3n) is 3.08. The molecule has 18 heavy (non-hydrogen) atoms. The Morgan fingerprint density at radius 1 is 1.17 bits per heavy atom. The summed E-state index contributed by atoms with van der Waals surface area (Å²) in [6.45, 7) is 0.678. The molecule has 3 rings (SSSR count). The molecule has 2 aromatic heterocycles. The SMILES string of the molecule is Clc1nc(NCc2ccncc2)nc2c1CCC2. The molecule has 0 amide bonds. The molecule has 2 aromatic rings. The van der Waals surface area contributed by atoms with Gasteiger partial charge in [0.25, 0.3) is 0 Å². The van der Waals surface area contributed by atoms with Gasteiger partial charge < -0.3 is 5.32 Å². The molecular formula is C13H13ClN4. The van der Waals surface area contributed by atoms with Gasteiger partial charge in [-0.3, -0.25) is 4.98 Å². The van der Waals surface area contributed by atoms with Crippen LogP contribution in [0.25, 0.3) is 0 Å². The lowest BCUT2D eigenvalue weighted by Gasteiger charge is -2.07. The Hall–Kier alpha value is -1.68. The van der Waals surface area contributed by atoms with Gasteiger partial charge in [0.05, 0.1) is 5.69 Å². The number of hydrogen-bond donors (Lipinski definition) is 1. The lowest BCUT2D eigenvalue weighted by Crippen LogP contribution is -2.06. The molecular weight excluding hydrogens is 248 g/mol. The summed E-state index contributed by atoms with van der Waals surface area (Å²) >= 11 is 6.16. The molecule has 0 aromatic carbocycles. The van der Waals surface area contributed by atoms with E-state index in [2.05, 4.69) is 20.3 Å². The van der Waals surface area contributed by atoms with Crippen molar-refractivity contribution in [3.63, 3.8) is 0 Å². The fourth-order valence-corrected chi connectivity index (χ4v) is 2.43. The van der Waals surface area contributed by atoms with E-state index in [1.165, 1.54) is 0 Å². The topological polar surface area (TPSA) is 50.7 Å². The maximum absolute atomic E-state index is 6.16. The Labute approximate surface area is 110 Å². The summed E-state index contributed by atoms with van der Waals surface area (Å²) in [6.07, 6.45) is 6.67. The molecule has 0 bridgehead atoms. The van der Waals surface area contributed by atoms with E-state index < -0.39 is 0 Å². The summed E-state index contributed by atoms with van der Waals surface area (Å²) in [4.78, 5) is 12.8. The first-order valence-electron chi connectivity index (χ1n) is 6.01. The first-order valence-corrected chi connectivity index (χ1v) is 6.39. The van der Waals surface area contributed by atoms with Crippen molar-refractivity contribution in [3.8, 4) is 0 Å². The van der Waals surface area contributed by atoms with Gasteiger partial charge in [0.2, 0.25) is 5.95 Å². The number of nitrogens with one attached hydrogen (secondary N) is 1. The fraction of sp³-hybridized carbons (Fsp3) is 0.308. The summed E-state index contributed by atoms with van der Waals surface area (Å²) in [5.41, 5.74) is 3.35. The zero-order chi connectivity index (χ0) is 12.4. The van der Waals surface area contributed by atoms with Gasteiger partial charge in [-0.2, -0.15) is 0 Å². The van der Waals surface area contributed by atoms with Crippen LogP contribution in [-0.2, 0) is 19.4 Å². The van der Waals surface area contributed by atoms with E-state index in [1.807, 2.05) is 12.1 Å². The number of pyridine rings is 1. The van der Waals surface area contributed by atoms with Crippen molar-refractivity contribution in [3.05, 3.63) is 46.5 Å². The monoisotopic (exact) mass is 260 g/mol. The number of nitrogens with zero attached hydrogens (tertiary/aromatic N) is 3. The average Bonchev–Trinajstić information content (AvgIpc) is 2.86. The predicted octanol–water partition coefficient (Wildman–Crippen LogP) is 2.63. The second-order valence-corrected chi connectivity index (χ2v) is 4.68. The van der Waals surface area contributed by atoms with Crippen molar-refractivity contribution in [2.45, 2.75) is 25.8 Å². The molecule has 0 saturated heterocycles. The molecule has 1 aliphatic carbocycles. The molecule has 4 nitrogen and oxygen atoms in total. The summed E-state index contributed by atoms with van der Waals surface area (Å²) in [7, 11) is 0. The Balaban J connectivity index is 1.76. The molecule has 5 heteroatoms. The number of rotatable bonds is 3. The molecule has 0 aliphatic heterocycles. The summed E-state index contributed by atoms with van der Waals surface area (Å²) in [5, 5.41) is 3.79. The van der Waals surface area contributed by atoms with E-state index in [4.69, 9.17) is 11.6 Å². The van der Waals surface area contributed by atoms with Gasteiger partial charge >= 0.3 is 0 Å². The van der Waals surface area contributed by atoms with E-state index in [1.54, 1.807) is 12.4 Å². The highest BCUT2D eigenvalue weighted by Crippen LogP contribution is 2.27. The van der Waals surface area contributed by atoms with Crippen LogP contribution in [-0.4, -0.2) is 15.0 Å². The van der Waals surface area contributed by atoms with Gasteiger partial charge in [-0.15, -0.1) is 0 Å². The maximum atomic E-state index is 6.16. The van der Waals surface area contributed by atoms with Crippen molar-refractivity contribution in [2.75, 3.05) is 5.32 Å². The van der Waals surface area contributed by atoms with Crippen LogP contribution in [0.4, 0.5) is 5.95 Å². The average molecular weight is 261 g/mol. The lowest BCUT2D eigenvalue weighted by atomic mass is 10.2. The zero-order valence-corrected chi connectivity index (χ0v) is 10.6. The van der Waals surface area contributed by atoms with Crippen molar-refractivity contribution in [2.24, 2.45) is 0 Å². The highest BCUT2D eigenvalue weighted by atomic mass is 35.5. The highest BCUT2D eigenvalue weighted by molar-refractivity contribution is 6.30. The number of hydrogen-bond acceptors (Lipinski definition) is 4. The van der Waals surface area contributed by atoms with Gasteiger partial charge in [0, 0.05) is 24.5 Å². The standard InChI is InChI=1S/C13H13ClN4/c14-12-10-2-1-3-11(10)17-13(18-12)16-8-9-4-6-15-7-5-9/h4-7H,1-3,8H2,(H,16,17,18). The van der Waals surface area contributed by atoms with Crippen molar-refractivity contribution < 1.29 is 0 Å². The predicted molar refractivity (Wildman–Crippen MR) is 70.6 cm³/mol. The quantitative estimate of drug-likeness (QED) is 0.862. The third kappa shape index (κ3) is 2.29. The fourth-order valence-electron chi connectivity index (χ4n) is 2.15. The smallest absolute Gasteiger partial charge is 0.224 e. The molecule has 0 atom stereocenters.